The Morgan fingerprint density at radius 3 is 2.26 bits per heavy atom. The van der Waals surface area contributed by atoms with Crippen molar-refractivity contribution in [2.75, 3.05) is 38.8 Å². The molecule has 3 atom stereocenters. The fourth-order valence-electron chi connectivity index (χ4n) is 5.17. The molecule has 7 nitrogen and oxygen atoms in total. The maximum Gasteiger partial charge on any atom is 0.228 e. The molecular formula is C28H36N2O5. The van der Waals surface area contributed by atoms with Crippen molar-refractivity contribution in [3.8, 4) is 11.5 Å². The predicted molar refractivity (Wildman–Crippen MR) is 135 cm³/mol. The molecule has 2 fully saturated rings. The third-order valence-corrected chi connectivity index (χ3v) is 6.97. The Labute approximate surface area is 207 Å². The highest BCUT2D eigenvalue weighted by atomic mass is 16.5. The maximum absolute atomic E-state index is 14.0. The molecular weight excluding hydrogens is 444 g/mol. The summed E-state index contributed by atoms with van der Waals surface area (Å²) in [5.74, 6) is 1.23. The quantitative estimate of drug-likeness (QED) is 0.552. The molecule has 0 N–H and O–H groups in total. The van der Waals surface area contributed by atoms with Crippen molar-refractivity contribution in [3.63, 3.8) is 0 Å². The SMILES string of the molecule is CCCOC1CCCN(C(=O)C2CCC(=O)N(c3ccc(OC)cc3)C2c2ccc(OC)cc2)C1. The van der Waals surface area contributed by atoms with Crippen LogP contribution in [0.3, 0.4) is 0 Å². The van der Waals surface area contributed by atoms with Gasteiger partial charge in [0.15, 0.2) is 0 Å². The molecule has 2 saturated heterocycles. The number of amides is 2. The van der Waals surface area contributed by atoms with E-state index in [9.17, 15) is 9.59 Å². The molecule has 2 amide bonds. The Bertz CT molecular complexity index is 991. The maximum atomic E-state index is 14.0. The minimum absolute atomic E-state index is 0.0165. The highest BCUT2D eigenvalue weighted by molar-refractivity contribution is 5.97. The van der Waals surface area contributed by atoms with Crippen LogP contribution in [0.1, 0.15) is 50.6 Å². The van der Waals surface area contributed by atoms with E-state index in [0.717, 1.165) is 48.6 Å². The number of nitrogens with zero attached hydrogens (tertiary/aromatic N) is 2. The summed E-state index contributed by atoms with van der Waals surface area (Å²) in [6.45, 7) is 4.15. The van der Waals surface area contributed by atoms with Crippen LogP contribution in [0.25, 0.3) is 0 Å². The van der Waals surface area contributed by atoms with Gasteiger partial charge in [-0.15, -0.1) is 0 Å². The molecule has 7 heteroatoms. The van der Waals surface area contributed by atoms with Crippen LogP contribution in [-0.4, -0.2) is 56.7 Å². The first kappa shape index (κ1) is 25.0. The third-order valence-electron chi connectivity index (χ3n) is 6.97. The van der Waals surface area contributed by atoms with Gasteiger partial charge in [0.2, 0.25) is 11.8 Å². The van der Waals surface area contributed by atoms with Gasteiger partial charge in [0, 0.05) is 31.8 Å². The number of likely N-dealkylation sites (tertiary alicyclic amines) is 1. The monoisotopic (exact) mass is 480 g/mol. The zero-order chi connectivity index (χ0) is 24.8. The minimum atomic E-state index is -0.403. The van der Waals surface area contributed by atoms with Gasteiger partial charge in [0.1, 0.15) is 11.5 Å². The van der Waals surface area contributed by atoms with Gasteiger partial charge in [0.05, 0.1) is 32.3 Å². The van der Waals surface area contributed by atoms with E-state index < -0.39 is 6.04 Å². The van der Waals surface area contributed by atoms with Crippen LogP contribution >= 0.6 is 0 Å². The van der Waals surface area contributed by atoms with Crippen LogP contribution in [0, 0.1) is 5.92 Å². The van der Waals surface area contributed by atoms with E-state index in [0.29, 0.717) is 26.0 Å². The van der Waals surface area contributed by atoms with Crippen LogP contribution in [0.5, 0.6) is 11.5 Å². The Morgan fingerprint density at radius 2 is 1.63 bits per heavy atom. The average Bonchev–Trinajstić information content (AvgIpc) is 2.91. The molecule has 0 radical (unpaired) electrons. The molecule has 2 aromatic carbocycles. The van der Waals surface area contributed by atoms with Crippen LogP contribution in [0.15, 0.2) is 48.5 Å². The Balaban J connectivity index is 1.67. The van der Waals surface area contributed by atoms with Crippen molar-refractivity contribution in [3.05, 3.63) is 54.1 Å². The molecule has 0 aromatic heterocycles. The zero-order valence-electron chi connectivity index (χ0n) is 20.9. The molecule has 188 valence electrons. The first-order valence-electron chi connectivity index (χ1n) is 12.6. The second kappa shape index (κ2) is 11.6. The van der Waals surface area contributed by atoms with Crippen molar-refractivity contribution < 1.29 is 23.8 Å². The van der Waals surface area contributed by atoms with E-state index in [1.165, 1.54) is 0 Å². The summed E-state index contributed by atoms with van der Waals surface area (Å²) in [5.41, 5.74) is 1.68. The van der Waals surface area contributed by atoms with E-state index >= 15 is 0 Å². The van der Waals surface area contributed by atoms with E-state index in [1.807, 2.05) is 53.4 Å². The lowest BCUT2D eigenvalue weighted by Gasteiger charge is -2.43. The standard InChI is InChI=1S/C28H36N2O5/c1-4-18-35-24-6-5-17-29(19-24)28(32)25-15-16-26(31)30(21-9-13-23(34-3)14-10-21)27(25)20-7-11-22(33-2)12-8-20/h7-14,24-25,27H,4-6,15-19H2,1-3H3. The van der Waals surface area contributed by atoms with Crippen molar-refractivity contribution in [1.82, 2.24) is 4.90 Å². The van der Waals surface area contributed by atoms with Crippen molar-refractivity contribution in [1.29, 1.82) is 0 Å². The first-order valence-corrected chi connectivity index (χ1v) is 12.6. The van der Waals surface area contributed by atoms with Gasteiger partial charge < -0.3 is 24.0 Å². The Hall–Kier alpha value is -3.06. The Morgan fingerprint density at radius 1 is 0.971 bits per heavy atom. The molecule has 0 bridgehead atoms. The summed E-state index contributed by atoms with van der Waals surface area (Å²) in [7, 11) is 3.24. The smallest absolute Gasteiger partial charge is 0.228 e. The summed E-state index contributed by atoms with van der Waals surface area (Å²) >= 11 is 0. The van der Waals surface area contributed by atoms with Gasteiger partial charge >= 0.3 is 0 Å². The highest BCUT2D eigenvalue weighted by Gasteiger charge is 2.43. The molecule has 0 aliphatic carbocycles. The molecule has 2 aromatic rings. The third kappa shape index (κ3) is 5.61. The first-order chi connectivity index (χ1) is 17.0. The summed E-state index contributed by atoms with van der Waals surface area (Å²) in [6, 6.07) is 14.8. The number of anilines is 1. The summed E-state index contributed by atoms with van der Waals surface area (Å²) in [6.07, 6.45) is 3.81. The predicted octanol–water partition coefficient (Wildman–Crippen LogP) is 4.61. The van der Waals surface area contributed by atoms with Gasteiger partial charge in [0.25, 0.3) is 0 Å². The molecule has 0 saturated carbocycles. The van der Waals surface area contributed by atoms with E-state index in [4.69, 9.17) is 14.2 Å². The number of piperidine rings is 2. The van der Waals surface area contributed by atoms with Crippen molar-refractivity contribution >= 4 is 17.5 Å². The zero-order valence-corrected chi connectivity index (χ0v) is 20.9. The van der Waals surface area contributed by atoms with Gasteiger partial charge in [-0.25, -0.2) is 0 Å². The van der Waals surface area contributed by atoms with E-state index in [2.05, 4.69) is 6.92 Å². The van der Waals surface area contributed by atoms with Gasteiger partial charge in [-0.05, 0) is 67.6 Å². The van der Waals surface area contributed by atoms with E-state index in [-0.39, 0.29) is 23.8 Å². The lowest BCUT2D eigenvalue weighted by molar-refractivity contribution is -0.142. The average molecular weight is 481 g/mol. The summed E-state index contributed by atoms with van der Waals surface area (Å²) in [5, 5.41) is 0. The summed E-state index contributed by atoms with van der Waals surface area (Å²) < 4.78 is 16.6. The lowest BCUT2D eigenvalue weighted by Crippen LogP contribution is -2.52. The number of benzene rings is 2. The second-order valence-electron chi connectivity index (χ2n) is 9.24. The second-order valence-corrected chi connectivity index (χ2v) is 9.24. The highest BCUT2D eigenvalue weighted by Crippen LogP contribution is 2.42. The number of carbonyl (C=O) groups excluding carboxylic acids is 2. The normalized spacial score (nSPS) is 22.7. The molecule has 35 heavy (non-hydrogen) atoms. The minimum Gasteiger partial charge on any atom is -0.497 e. The van der Waals surface area contributed by atoms with E-state index in [1.54, 1.807) is 19.1 Å². The number of hydrogen-bond acceptors (Lipinski definition) is 5. The molecule has 2 aliphatic rings. The number of methoxy groups -OCH3 is 2. The topological polar surface area (TPSA) is 68.3 Å². The number of hydrogen-bond donors (Lipinski definition) is 0. The number of rotatable bonds is 8. The molecule has 3 unspecified atom stereocenters. The van der Waals surface area contributed by atoms with Crippen LogP contribution in [0.4, 0.5) is 5.69 Å². The molecule has 2 aliphatic heterocycles. The lowest BCUT2D eigenvalue weighted by atomic mass is 9.82. The number of carbonyl (C=O) groups is 2. The molecule has 2 heterocycles. The van der Waals surface area contributed by atoms with Gasteiger partial charge in [-0.2, -0.15) is 0 Å². The van der Waals surface area contributed by atoms with Gasteiger partial charge in [-0.1, -0.05) is 19.1 Å². The van der Waals surface area contributed by atoms with Crippen molar-refractivity contribution in [2.24, 2.45) is 5.92 Å². The summed E-state index contributed by atoms with van der Waals surface area (Å²) in [4.78, 5) is 31.0. The number of ether oxygens (including phenoxy) is 3. The largest absolute Gasteiger partial charge is 0.497 e. The fraction of sp³-hybridized carbons (Fsp3) is 0.500. The van der Waals surface area contributed by atoms with Crippen LogP contribution in [-0.2, 0) is 14.3 Å². The fourth-order valence-corrected chi connectivity index (χ4v) is 5.17. The van der Waals surface area contributed by atoms with Crippen LogP contribution in [0.2, 0.25) is 0 Å². The van der Waals surface area contributed by atoms with Crippen molar-refractivity contribution in [2.45, 2.75) is 51.2 Å². The molecule has 4 rings (SSSR count). The Kier molecular flexibility index (Phi) is 8.29. The molecule has 0 spiro atoms. The van der Waals surface area contributed by atoms with Crippen LogP contribution < -0.4 is 14.4 Å². The van der Waals surface area contributed by atoms with Gasteiger partial charge in [-0.3, -0.25) is 9.59 Å².